The highest BCUT2D eigenvalue weighted by atomic mass is 16.5. The van der Waals surface area contributed by atoms with Crippen molar-refractivity contribution in [1.82, 2.24) is 0 Å². The third-order valence-corrected chi connectivity index (χ3v) is 3.41. The van der Waals surface area contributed by atoms with Crippen molar-refractivity contribution in [3.63, 3.8) is 0 Å². The van der Waals surface area contributed by atoms with Gasteiger partial charge in [0.1, 0.15) is 11.5 Å². The largest absolute Gasteiger partial charge is 0.497 e. The summed E-state index contributed by atoms with van der Waals surface area (Å²) in [6.07, 6.45) is 4.45. The third kappa shape index (κ3) is 4.11. The van der Waals surface area contributed by atoms with Gasteiger partial charge in [0.25, 0.3) is 0 Å². The molecule has 1 atom stereocenters. The van der Waals surface area contributed by atoms with Crippen LogP contribution in [0.15, 0.2) is 18.2 Å². The molecule has 2 rings (SSSR count). The molecule has 4 heteroatoms. The van der Waals surface area contributed by atoms with Gasteiger partial charge in [0.15, 0.2) is 0 Å². The molecule has 0 spiro atoms. The van der Waals surface area contributed by atoms with Crippen LogP contribution in [-0.2, 0) is 11.2 Å². The molecule has 1 fully saturated rings. The number of rotatable bonds is 7. The van der Waals surface area contributed by atoms with Crippen molar-refractivity contribution in [2.24, 2.45) is 5.73 Å². The maximum atomic E-state index is 5.88. The Morgan fingerprint density at radius 1 is 1.42 bits per heavy atom. The van der Waals surface area contributed by atoms with E-state index in [1.165, 1.54) is 6.42 Å². The van der Waals surface area contributed by atoms with Crippen molar-refractivity contribution in [2.75, 3.05) is 26.9 Å². The highest BCUT2D eigenvalue weighted by Crippen LogP contribution is 2.26. The summed E-state index contributed by atoms with van der Waals surface area (Å²) < 4.78 is 16.7. The fourth-order valence-corrected chi connectivity index (χ4v) is 2.33. The molecule has 0 aliphatic carbocycles. The maximum absolute atomic E-state index is 5.88. The van der Waals surface area contributed by atoms with Crippen molar-refractivity contribution in [1.29, 1.82) is 0 Å². The van der Waals surface area contributed by atoms with E-state index in [2.05, 4.69) is 0 Å². The molecule has 106 valence electrons. The Hall–Kier alpha value is -1.26. The minimum atomic E-state index is 0.364. The lowest BCUT2D eigenvalue weighted by Gasteiger charge is -2.14. The average Bonchev–Trinajstić information content (AvgIpc) is 2.94. The summed E-state index contributed by atoms with van der Waals surface area (Å²) in [7, 11) is 1.66. The second-order valence-electron chi connectivity index (χ2n) is 4.78. The van der Waals surface area contributed by atoms with Gasteiger partial charge in [-0.05, 0) is 37.4 Å². The number of nitrogens with two attached hydrogens (primary N) is 1. The van der Waals surface area contributed by atoms with Gasteiger partial charge >= 0.3 is 0 Å². The molecule has 0 bridgehead atoms. The van der Waals surface area contributed by atoms with Gasteiger partial charge in [-0.25, -0.2) is 0 Å². The van der Waals surface area contributed by atoms with Crippen LogP contribution in [-0.4, -0.2) is 33.0 Å². The molecule has 4 nitrogen and oxygen atoms in total. The van der Waals surface area contributed by atoms with E-state index in [1.54, 1.807) is 7.11 Å². The molecule has 1 unspecified atom stereocenters. The number of ether oxygens (including phenoxy) is 3. The molecule has 1 heterocycles. The van der Waals surface area contributed by atoms with Crippen LogP contribution in [0.5, 0.6) is 11.5 Å². The van der Waals surface area contributed by atoms with Gasteiger partial charge < -0.3 is 19.9 Å². The molecular weight excluding hydrogens is 242 g/mol. The van der Waals surface area contributed by atoms with Crippen LogP contribution in [0.2, 0.25) is 0 Å². The fourth-order valence-electron chi connectivity index (χ4n) is 2.33. The smallest absolute Gasteiger partial charge is 0.126 e. The summed E-state index contributed by atoms with van der Waals surface area (Å²) in [5.41, 5.74) is 6.76. The molecule has 19 heavy (non-hydrogen) atoms. The van der Waals surface area contributed by atoms with Gasteiger partial charge in [-0.3, -0.25) is 0 Å². The summed E-state index contributed by atoms with van der Waals surface area (Å²) in [6.45, 7) is 2.19. The van der Waals surface area contributed by atoms with E-state index in [9.17, 15) is 0 Å². The third-order valence-electron chi connectivity index (χ3n) is 3.41. The van der Waals surface area contributed by atoms with Crippen LogP contribution >= 0.6 is 0 Å². The summed E-state index contributed by atoms with van der Waals surface area (Å²) in [6, 6.07) is 5.89. The predicted molar refractivity (Wildman–Crippen MR) is 74.8 cm³/mol. The topological polar surface area (TPSA) is 53.7 Å². The van der Waals surface area contributed by atoms with Crippen LogP contribution in [0.1, 0.15) is 24.8 Å². The summed E-state index contributed by atoms with van der Waals surface area (Å²) in [5.74, 6) is 1.69. The van der Waals surface area contributed by atoms with Crippen molar-refractivity contribution < 1.29 is 14.2 Å². The Bertz CT molecular complexity index is 389. The molecule has 2 N–H and O–H groups in total. The SMILES string of the molecule is COc1ccc(CCN)c(OCCC2CCCO2)c1. The van der Waals surface area contributed by atoms with E-state index >= 15 is 0 Å². The first-order valence-corrected chi connectivity index (χ1v) is 6.95. The average molecular weight is 265 g/mol. The fraction of sp³-hybridized carbons (Fsp3) is 0.600. The quantitative estimate of drug-likeness (QED) is 0.820. The molecule has 1 aliphatic rings. The first-order valence-electron chi connectivity index (χ1n) is 6.95. The van der Waals surface area contributed by atoms with Crippen LogP contribution < -0.4 is 15.2 Å². The van der Waals surface area contributed by atoms with Crippen molar-refractivity contribution >= 4 is 0 Å². The normalized spacial score (nSPS) is 18.5. The van der Waals surface area contributed by atoms with Crippen LogP contribution in [0.4, 0.5) is 0 Å². The molecule has 0 amide bonds. The molecule has 1 aromatic rings. The zero-order valence-electron chi connectivity index (χ0n) is 11.6. The lowest BCUT2D eigenvalue weighted by Crippen LogP contribution is -2.12. The molecular formula is C15H23NO3. The predicted octanol–water partition coefficient (Wildman–Crippen LogP) is 2.14. The van der Waals surface area contributed by atoms with E-state index < -0.39 is 0 Å². The van der Waals surface area contributed by atoms with Gasteiger partial charge in [0.05, 0.1) is 19.8 Å². The number of hydrogen-bond donors (Lipinski definition) is 1. The minimum Gasteiger partial charge on any atom is -0.497 e. The van der Waals surface area contributed by atoms with Crippen LogP contribution in [0.25, 0.3) is 0 Å². The summed E-state index contributed by atoms with van der Waals surface area (Å²) in [5, 5.41) is 0. The van der Waals surface area contributed by atoms with Crippen LogP contribution in [0, 0.1) is 0 Å². The Morgan fingerprint density at radius 2 is 2.32 bits per heavy atom. The zero-order valence-corrected chi connectivity index (χ0v) is 11.6. The lowest BCUT2D eigenvalue weighted by molar-refractivity contribution is 0.0902. The molecule has 0 saturated carbocycles. The van der Waals surface area contributed by atoms with Gasteiger partial charge in [-0.2, -0.15) is 0 Å². The second-order valence-corrected chi connectivity index (χ2v) is 4.78. The van der Waals surface area contributed by atoms with Gasteiger partial charge in [-0.15, -0.1) is 0 Å². The summed E-state index contributed by atoms with van der Waals surface area (Å²) >= 11 is 0. The highest BCUT2D eigenvalue weighted by Gasteiger charge is 2.15. The standard InChI is InChI=1S/C15H23NO3/c1-17-14-5-4-12(6-8-16)15(11-14)19-10-7-13-3-2-9-18-13/h4-5,11,13H,2-3,6-10,16H2,1H3. The molecule has 0 aromatic heterocycles. The molecule has 0 radical (unpaired) electrons. The van der Waals surface area contributed by atoms with Gasteiger partial charge in [0, 0.05) is 19.1 Å². The Kier molecular flexibility index (Phi) is 5.48. The van der Waals surface area contributed by atoms with E-state index in [0.717, 1.165) is 42.9 Å². The molecule has 1 aliphatic heterocycles. The number of benzene rings is 1. The van der Waals surface area contributed by atoms with Crippen molar-refractivity contribution in [2.45, 2.75) is 31.8 Å². The van der Waals surface area contributed by atoms with E-state index in [1.807, 2.05) is 18.2 Å². The number of methoxy groups -OCH3 is 1. The van der Waals surface area contributed by atoms with E-state index in [4.69, 9.17) is 19.9 Å². The van der Waals surface area contributed by atoms with Gasteiger partial charge in [0.2, 0.25) is 0 Å². The van der Waals surface area contributed by atoms with E-state index in [-0.39, 0.29) is 0 Å². The Labute approximate surface area is 114 Å². The van der Waals surface area contributed by atoms with Crippen molar-refractivity contribution in [3.8, 4) is 11.5 Å². The van der Waals surface area contributed by atoms with Crippen LogP contribution in [0.3, 0.4) is 0 Å². The monoisotopic (exact) mass is 265 g/mol. The molecule has 1 saturated heterocycles. The zero-order chi connectivity index (χ0) is 13.5. The highest BCUT2D eigenvalue weighted by molar-refractivity contribution is 5.41. The van der Waals surface area contributed by atoms with E-state index in [0.29, 0.717) is 19.3 Å². The number of hydrogen-bond acceptors (Lipinski definition) is 4. The maximum Gasteiger partial charge on any atom is 0.126 e. The van der Waals surface area contributed by atoms with Gasteiger partial charge in [-0.1, -0.05) is 6.07 Å². The first kappa shape index (κ1) is 14.2. The van der Waals surface area contributed by atoms with Crippen molar-refractivity contribution in [3.05, 3.63) is 23.8 Å². The minimum absolute atomic E-state index is 0.364. The first-order chi connectivity index (χ1) is 9.33. The Morgan fingerprint density at radius 3 is 3.00 bits per heavy atom. The Balaban J connectivity index is 1.91. The lowest BCUT2D eigenvalue weighted by atomic mass is 10.1. The molecule has 1 aromatic carbocycles. The summed E-state index contributed by atoms with van der Waals surface area (Å²) in [4.78, 5) is 0. The second kappa shape index (κ2) is 7.36.